The molecule has 2 fully saturated rings. The van der Waals surface area contributed by atoms with E-state index >= 15 is 0 Å². The molecule has 1 nitrogen and oxygen atoms in total. The third-order valence-electron chi connectivity index (χ3n) is 5.60. The van der Waals surface area contributed by atoms with Gasteiger partial charge in [-0.25, -0.2) is 0 Å². The van der Waals surface area contributed by atoms with Crippen molar-refractivity contribution in [1.82, 2.24) is 0 Å². The minimum atomic E-state index is -0.106. The van der Waals surface area contributed by atoms with Gasteiger partial charge in [0.25, 0.3) is 0 Å². The molecule has 0 aliphatic heterocycles. The van der Waals surface area contributed by atoms with Crippen LogP contribution in [0.4, 0.5) is 0 Å². The van der Waals surface area contributed by atoms with E-state index in [2.05, 4.69) is 30.3 Å². The topological polar surface area (TPSA) is 13.1 Å². The second-order valence-electron chi connectivity index (χ2n) is 7.11. The number of rotatable bonds is 3. The Morgan fingerprint density at radius 2 is 1.36 bits per heavy atom. The van der Waals surface area contributed by atoms with Gasteiger partial charge >= 0.3 is 0 Å². The number of hydrogen-bond acceptors (Lipinski definition) is 1. The Morgan fingerprint density at radius 1 is 0.773 bits per heavy atom. The quantitative estimate of drug-likeness (QED) is 0.614. The van der Waals surface area contributed by atoms with Gasteiger partial charge in [-0.15, -0.1) is 0 Å². The van der Waals surface area contributed by atoms with E-state index in [-0.39, 0.29) is 7.92 Å². The van der Waals surface area contributed by atoms with Gasteiger partial charge in [-0.2, -0.15) is 0 Å². The highest BCUT2D eigenvalue weighted by molar-refractivity contribution is 7.66. The number of hydrogen-bond donors (Lipinski definition) is 0. The summed E-state index contributed by atoms with van der Waals surface area (Å²) in [6.45, 7) is 0. The molecule has 22 heavy (non-hydrogen) atoms. The molecule has 0 bridgehead atoms. The summed E-state index contributed by atoms with van der Waals surface area (Å²) in [6, 6.07) is 10.9. The van der Waals surface area contributed by atoms with Crippen LogP contribution >= 0.6 is 7.92 Å². The Morgan fingerprint density at radius 3 is 1.95 bits per heavy atom. The van der Waals surface area contributed by atoms with E-state index in [0.29, 0.717) is 0 Å². The minimum absolute atomic E-state index is 0.106. The average molecular weight is 314 g/mol. The molecular weight excluding hydrogens is 287 g/mol. The van der Waals surface area contributed by atoms with Crippen molar-refractivity contribution in [2.45, 2.75) is 75.5 Å². The van der Waals surface area contributed by atoms with Crippen LogP contribution in [0.1, 0.15) is 64.2 Å². The Labute approximate surface area is 135 Å². The fourth-order valence-electron chi connectivity index (χ4n) is 4.47. The highest BCUT2D eigenvalue weighted by atomic mass is 31.1. The highest BCUT2D eigenvalue weighted by Crippen LogP contribution is 2.55. The van der Waals surface area contributed by atoms with E-state index in [1.807, 2.05) is 0 Å². The van der Waals surface area contributed by atoms with Gasteiger partial charge in [-0.3, -0.25) is 0 Å². The molecule has 0 N–H and O–H groups in total. The van der Waals surface area contributed by atoms with Crippen molar-refractivity contribution < 1.29 is 4.42 Å². The maximum atomic E-state index is 6.37. The summed E-state index contributed by atoms with van der Waals surface area (Å²) < 4.78 is 6.37. The molecule has 1 aromatic carbocycles. The third kappa shape index (κ3) is 2.98. The van der Waals surface area contributed by atoms with Crippen LogP contribution in [0.3, 0.4) is 0 Å². The van der Waals surface area contributed by atoms with E-state index < -0.39 is 0 Å². The lowest BCUT2D eigenvalue weighted by Gasteiger charge is -2.37. The first-order valence-electron chi connectivity index (χ1n) is 9.19. The summed E-state index contributed by atoms with van der Waals surface area (Å²) in [7, 11) is -0.106. The number of benzene rings is 1. The molecule has 2 aliphatic carbocycles. The predicted molar refractivity (Wildman–Crippen MR) is 96.5 cm³/mol. The van der Waals surface area contributed by atoms with Crippen molar-refractivity contribution >= 4 is 24.4 Å². The fraction of sp³-hybridized carbons (Fsp3) is 0.600. The summed E-state index contributed by atoms with van der Waals surface area (Å²) in [5, 5.41) is 1.30. The molecule has 0 unspecified atom stereocenters. The second-order valence-corrected chi connectivity index (χ2v) is 9.83. The van der Waals surface area contributed by atoms with Gasteiger partial charge in [0.1, 0.15) is 11.1 Å². The van der Waals surface area contributed by atoms with E-state index in [9.17, 15) is 0 Å². The first kappa shape index (κ1) is 14.8. The Balaban J connectivity index is 1.68. The maximum Gasteiger partial charge on any atom is 0.134 e. The normalized spacial score (nSPS) is 21.7. The van der Waals surface area contributed by atoms with Gasteiger partial charge in [-0.1, -0.05) is 56.7 Å². The first-order chi connectivity index (χ1) is 10.9. The van der Waals surface area contributed by atoms with Gasteiger partial charge in [0.2, 0.25) is 0 Å². The lowest BCUT2D eigenvalue weighted by Crippen LogP contribution is -2.25. The van der Waals surface area contributed by atoms with Crippen molar-refractivity contribution in [3.63, 3.8) is 0 Å². The molecule has 0 atom stereocenters. The molecule has 2 saturated carbocycles. The van der Waals surface area contributed by atoms with Gasteiger partial charge < -0.3 is 4.42 Å². The summed E-state index contributed by atoms with van der Waals surface area (Å²) in [6.07, 6.45) is 14.4. The van der Waals surface area contributed by atoms with Crippen LogP contribution in [0.5, 0.6) is 0 Å². The van der Waals surface area contributed by atoms with Crippen molar-refractivity contribution in [3.05, 3.63) is 30.3 Å². The molecule has 0 saturated heterocycles. The highest BCUT2D eigenvalue weighted by Gasteiger charge is 2.34. The van der Waals surface area contributed by atoms with Crippen LogP contribution in [0.15, 0.2) is 34.7 Å². The van der Waals surface area contributed by atoms with Crippen LogP contribution in [-0.2, 0) is 0 Å². The molecule has 2 heteroatoms. The molecule has 2 aliphatic rings. The van der Waals surface area contributed by atoms with Crippen molar-refractivity contribution in [1.29, 1.82) is 0 Å². The van der Waals surface area contributed by atoms with Gasteiger partial charge in [0.15, 0.2) is 0 Å². The Hall–Kier alpha value is -0.810. The average Bonchev–Trinajstić information content (AvgIpc) is 3.00. The van der Waals surface area contributed by atoms with Crippen molar-refractivity contribution in [3.8, 4) is 0 Å². The number of para-hydroxylation sites is 1. The standard InChI is InChI=1S/C20H27OP/c1-3-10-17(11-4-1)22(18-12-5-2-6-13-18)20-15-16-9-7-8-14-19(16)21-20/h7-9,14-15,17-18H,1-6,10-13H2. The largest absolute Gasteiger partial charge is 0.457 e. The minimum Gasteiger partial charge on any atom is -0.457 e. The molecule has 1 heterocycles. The fourth-order valence-corrected chi connectivity index (χ4v) is 8.12. The molecular formula is C20H27OP. The van der Waals surface area contributed by atoms with Gasteiger partial charge in [0, 0.05) is 5.39 Å². The lowest BCUT2D eigenvalue weighted by molar-refractivity contribution is 0.484. The molecule has 2 aromatic rings. The molecule has 0 radical (unpaired) electrons. The van der Waals surface area contributed by atoms with E-state index in [1.54, 1.807) is 0 Å². The first-order valence-corrected chi connectivity index (χ1v) is 10.7. The van der Waals surface area contributed by atoms with Crippen LogP contribution < -0.4 is 5.50 Å². The van der Waals surface area contributed by atoms with Crippen molar-refractivity contribution in [2.75, 3.05) is 0 Å². The Bertz CT molecular complexity index is 554. The molecule has 0 amide bonds. The zero-order chi connectivity index (χ0) is 14.8. The van der Waals surface area contributed by atoms with Crippen LogP contribution in [0.2, 0.25) is 0 Å². The summed E-state index contributed by atoms with van der Waals surface area (Å²) in [5.41, 5.74) is 4.30. The van der Waals surface area contributed by atoms with Gasteiger partial charge in [0.05, 0.1) is 0 Å². The zero-order valence-electron chi connectivity index (χ0n) is 13.5. The summed E-state index contributed by atoms with van der Waals surface area (Å²) in [4.78, 5) is 0. The molecule has 4 rings (SSSR count). The number of furan rings is 1. The lowest BCUT2D eigenvalue weighted by atomic mass is 9.99. The van der Waals surface area contributed by atoms with Crippen molar-refractivity contribution in [2.24, 2.45) is 0 Å². The Kier molecular flexibility index (Phi) is 4.53. The van der Waals surface area contributed by atoms with Crippen LogP contribution in [0.25, 0.3) is 11.0 Å². The third-order valence-corrected chi connectivity index (χ3v) is 8.94. The zero-order valence-corrected chi connectivity index (χ0v) is 14.4. The van der Waals surface area contributed by atoms with E-state index in [1.165, 1.54) is 75.1 Å². The van der Waals surface area contributed by atoms with E-state index in [0.717, 1.165) is 16.9 Å². The summed E-state index contributed by atoms with van der Waals surface area (Å²) >= 11 is 0. The smallest absolute Gasteiger partial charge is 0.134 e. The van der Waals surface area contributed by atoms with Crippen LogP contribution in [-0.4, -0.2) is 11.3 Å². The molecule has 0 spiro atoms. The summed E-state index contributed by atoms with van der Waals surface area (Å²) in [5.74, 6) is 0. The van der Waals surface area contributed by atoms with Gasteiger partial charge in [-0.05, 0) is 57.1 Å². The monoisotopic (exact) mass is 314 g/mol. The molecule has 1 aromatic heterocycles. The maximum absolute atomic E-state index is 6.37. The SMILES string of the molecule is c1ccc2oc(P(C3CCCCC3)C3CCCCC3)cc2c1. The molecule has 118 valence electrons. The predicted octanol–water partition coefficient (Wildman–Crippen LogP) is 6.21. The van der Waals surface area contributed by atoms with E-state index in [4.69, 9.17) is 4.42 Å². The van der Waals surface area contributed by atoms with Crippen LogP contribution in [0, 0.1) is 0 Å². The number of fused-ring (bicyclic) bond motifs is 1. The second kappa shape index (κ2) is 6.75.